The summed E-state index contributed by atoms with van der Waals surface area (Å²) in [5.74, 6) is -0.0730. The highest BCUT2D eigenvalue weighted by molar-refractivity contribution is 6.99. The minimum atomic E-state index is -2.32. The van der Waals surface area contributed by atoms with Crippen LogP contribution in [0.15, 0.2) is 0 Å². The number of carbonyl (C=O) groups excluding carboxylic acids is 2. The first kappa shape index (κ1) is 19.4. The first-order valence-electron chi connectivity index (χ1n) is 8.43. The van der Waals surface area contributed by atoms with E-state index in [1.807, 2.05) is 20.0 Å². The molecule has 0 N–H and O–H groups in total. The van der Waals surface area contributed by atoms with Crippen LogP contribution in [0.5, 0.6) is 0 Å². The van der Waals surface area contributed by atoms with E-state index in [1.165, 1.54) is 0 Å². The van der Waals surface area contributed by atoms with Gasteiger partial charge in [-0.15, -0.1) is 0 Å². The lowest BCUT2D eigenvalue weighted by atomic mass is 9.87. The van der Waals surface area contributed by atoms with Crippen molar-refractivity contribution in [2.45, 2.75) is 79.0 Å². The third-order valence-electron chi connectivity index (χ3n) is 4.12. The second-order valence-electron chi connectivity index (χ2n) is 8.01. The van der Waals surface area contributed by atoms with Gasteiger partial charge in [0.15, 0.2) is 0 Å². The van der Waals surface area contributed by atoms with Gasteiger partial charge in [-0.25, -0.2) is 0 Å². The molecular formula is C17H32O4Si. The van der Waals surface area contributed by atoms with Gasteiger partial charge in [0.2, 0.25) is 0 Å². The second-order valence-corrected chi connectivity index (χ2v) is 11.8. The Morgan fingerprint density at radius 2 is 1.64 bits per heavy atom. The highest BCUT2D eigenvalue weighted by atomic mass is 28.4. The van der Waals surface area contributed by atoms with Crippen LogP contribution < -0.4 is 0 Å². The van der Waals surface area contributed by atoms with Crippen LogP contribution in [0.1, 0.15) is 59.8 Å². The molecule has 5 heteroatoms. The first-order valence-corrected chi connectivity index (χ1v) is 11.3. The maximum absolute atomic E-state index is 12.5. The Balaban J connectivity index is 2.48. The fourth-order valence-corrected chi connectivity index (χ4v) is 5.01. The summed E-state index contributed by atoms with van der Waals surface area (Å²) in [7, 11) is -2.32. The van der Waals surface area contributed by atoms with Crippen LogP contribution >= 0.6 is 0 Å². The summed E-state index contributed by atoms with van der Waals surface area (Å²) in [6.45, 7) is 12.5. The molecule has 0 aliphatic heterocycles. The largest absolute Gasteiger partial charge is 0.466 e. The van der Waals surface area contributed by atoms with Gasteiger partial charge in [-0.2, -0.15) is 0 Å². The molecule has 1 saturated carbocycles. The fraction of sp³-hybridized carbons (Fsp3) is 0.882. The van der Waals surface area contributed by atoms with Crippen molar-refractivity contribution in [3.63, 3.8) is 0 Å². The number of rotatable bonds is 6. The molecule has 0 unspecified atom stereocenters. The second kappa shape index (κ2) is 7.73. The van der Waals surface area contributed by atoms with E-state index in [0.29, 0.717) is 13.0 Å². The van der Waals surface area contributed by atoms with Gasteiger partial charge in [-0.1, -0.05) is 20.8 Å². The van der Waals surface area contributed by atoms with Crippen molar-refractivity contribution in [2.75, 3.05) is 6.61 Å². The van der Waals surface area contributed by atoms with Crippen LogP contribution in [-0.2, 0) is 18.8 Å². The van der Waals surface area contributed by atoms with Crippen LogP contribution in [0.4, 0.5) is 0 Å². The van der Waals surface area contributed by atoms with E-state index in [1.54, 1.807) is 0 Å². The molecular weight excluding hydrogens is 296 g/mol. The van der Waals surface area contributed by atoms with Gasteiger partial charge in [-0.05, 0) is 51.1 Å². The monoisotopic (exact) mass is 328 g/mol. The minimum absolute atomic E-state index is 0.00623. The van der Waals surface area contributed by atoms with E-state index >= 15 is 0 Å². The molecule has 1 aliphatic carbocycles. The molecule has 0 aromatic carbocycles. The number of esters is 1. The molecule has 22 heavy (non-hydrogen) atoms. The van der Waals surface area contributed by atoms with Crippen LogP contribution in [0.25, 0.3) is 0 Å². The lowest BCUT2D eigenvalue weighted by Gasteiger charge is -2.34. The number of ether oxygens (including phenoxy) is 1. The molecule has 0 aromatic rings. The summed E-state index contributed by atoms with van der Waals surface area (Å²) >= 11 is 0. The van der Waals surface area contributed by atoms with E-state index < -0.39 is 8.32 Å². The topological polar surface area (TPSA) is 52.6 Å². The molecule has 0 atom stereocenters. The zero-order chi connectivity index (χ0) is 17.0. The molecule has 0 bridgehead atoms. The van der Waals surface area contributed by atoms with Gasteiger partial charge in [0.1, 0.15) is 5.41 Å². The minimum Gasteiger partial charge on any atom is -0.466 e. The Morgan fingerprint density at radius 1 is 1.09 bits per heavy atom. The highest BCUT2D eigenvalue weighted by Gasteiger charge is 2.38. The zero-order valence-electron chi connectivity index (χ0n) is 15.0. The molecule has 0 heterocycles. The molecule has 0 aromatic heterocycles. The molecule has 1 rings (SSSR count). The molecule has 4 nitrogen and oxygen atoms in total. The molecule has 128 valence electrons. The Bertz CT molecular complexity index is 390. The molecule has 0 radical (unpaired) electrons. The summed E-state index contributed by atoms with van der Waals surface area (Å²) in [4.78, 5) is 24.2. The van der Waals surface area contributed by atoms with Gasteiger partial charge < -0.3 is 14.0 Å². The number of hydrogen-bond donors (Lipinski definition) is 0. The highest BCUT2D eigenvalue weighted by Crippen LogP contribution is 2.30. The maximum atomic E-state index is 12.5. The first-order chi connectivity index (χ1) is 10.0. The Kier molecular flexibility index (Phi) is 6.80. The number of carbonyl (C=O) groups is 2. The van der Waals surface area contributed by atoms with Gasteiger partial charge in [0, 0.05) is 12.5 Å². The molecule has 0 saturated heterocycles. The predicted octanol–water partition coefficient (Wildman–Crippen LogP) is 3.87. The van der Waals surface area contributed by atoms with E-state index in [4.69, 9.17) is 9.16 Å². The molecule has 1 fully saturated rings. The smallest absolute Gasteiger partial charge is 0.308 e. The van der Waals surface area contributed by atoms with Crippen molar-refractivity contribution < 1.29 is 18.8 Å². The fourth-order valence-electron chi connectivity index (χ4n) is 2.85. The van der Waals surface area contributed by atoms with Crippen LogP contribution in [0.2, 0.25) is 13.1 Å². The average molecular weight is 329 g/mol. The van der Waals surface area contributed by atoms with Crippen molar-refractivity contribution in [3.8, 4) is 0 Å². The summed E-state index contributed by atoms with van der Waals surface area (Å²) in [5.41, 5.74) is 0.00623. The van der Waals surface area contributed by atoms with E-state index in [0.717, 1.165) is 25.7 Å². The predicted molar refractivity (Wildman–Crippen MR) is 90.0 cm³/mol. The summed E-state index contributed by atoms with van der Waals surface area (Å²) in [5, 5.41) is 0.285. The lowest BCUT2D eigenvalue weighted by molar-refractivity contribution is -0.149. The van der Waals surface area contributed by atoms with Gasteiger partial charge in [-0.3, -0.25) is 4.79 Å². The Morgan fingerprint density at radius 3 is 2.09 bits per heavy atom. The van der Waals surface area contributed by atoms with Crippen molar-refractivity contribution in [3.05, 3.63) is 0 Å². The van der Waals surface area contributed by atoms with E-state index in [-0.39, 0.29) is 28.8 Å². The van der Waals surface area contributed by atoms with E-state index in [9.17, 15) is 9.59 Å². The average Bonchev–Trinajstić information content (AvgIpc) is 2.37. The van der Waals surface area contributed by atoms with E-state index in [2.05, 4.69) is 20.8 Å². The zero-order valence-corrected chi connectivity index (χ0v) is 16.0. The SMILES string of the molecule is CCOC(=O)C1CCC(O[Si](C)(C)C(=O)CC(C)(C)C)CC1. The van der Waals surface area contributed by atoms with Crippen LogP contribution in [0, 0.1) is 11.3 Å². The number of hydrogen-bond acceptors (Lipinski definition) is 4. The van der Waals surface area contributed by atoms with Crippen LogP contribution in [0.3, 0.4) is 0 Å². The quantitative estimate of drug-likeness (QED) is 0.548. The molecule has 0 amide bonds. The summed E-state index contributed by atoms with van der Waals surface area (Å²) < 4.78 is 11.3. The summed E-state index contributed by atoms with van der Waals surface area (Å²) in [6.07, 6.45) is 4.01. The molecule has 1 aliphatic rings. The van der Waals surface area contributed by atoms with Gasteiger partial charge >= 0.3 is 5.97 Å². The Hall–Kier alpha value is -0.683. The van der Waals surface area contributed by atoms with Crippen molar-refractivity contribution in [1.29, 1.82) is 0 Å². The molecule has 0 spiro atoms. The van der Waals surface area contributed by atoms with Crippen molar-refractivity contribution in [1.82, 2.24) is 0 Å². The third kappa shape index (κ3) is 6.21. The Labute approximate surface area is 136 Å². The van der Waals surface area contributed by atoms with Crippen LogP contribution in [-0.4, -0.2) is 32.4 Å². The van der Waals surface area contributed by atoms with Gasteiger partial charge in [0.05, 0.1) is 12.5 Å². The lowest BCUT2D eigenvalue weighted by Crippen LogP contribution is -2.46. The maximum Gasteiger partial charge on any atom is 0.308 e. The van der Waals surface area contributed by atoms with Crippen molar-refractivity contribution >= 4 is 19.7 Å². The summed E-state index contributed by atoms with van der Waals surface area (Å²) in [6, 6.07) is 0. The standard InChI is InChI=1S/C17H32O4Si/c1-7-20-16(19)13-8-10-14(11-9-13)21-22(5,6)15(18)12-17(2,3)4/h13-14H,7-12H2,1-6H3. The normalized spacial score (nSPS) is 23.2. The van der Waals surface area contributed by atoms with Gasteiger partial charge in [0.25, 0.3) is 8.32 Å². The van der Waals surface area contributed by atoms with Crippen molar-refractivity contribution in [2.24, 2.45) is 11.3 Å². The third-order valence-corrected chi connectivity index (χ3v) is 6.56.